The number of rotatable bonds is 7. The monoisotopic (exact) mass is 428 g/mol. The van der Waals surface area contributed by atoms with Gasteiger partial charge in [0.15, 0.2) is 5.13 Å². The number of aryl methyl sites for hydroxylation is 1. The molecule has 0 radical (unpaired) electrons. The third-order valence-electron chi connectivity index (χ3n) is 4.13. The molecule has 28 heavy (non-hydrogen) atoms. The molecule has 0 unspecified atom stereocenters. The highest BCUT2D eigenvalue weighted by Gasteiger charge is 2.18. The zero-order valence-electron chi connectivity index (χ0n) is 14.9. The summed E-state index contributed by atoms with van der Waals surface area (Å²) >= 11 is 9.17. The van der Waals surface area contributed by atoms with Crippen LogP contribution >= 0.6 is 34.3 Å². The molecular weight excluding hydrogens is 412 g/mol. The molecule has 0 N–H and O–H groups in total. The predicted octanol–water partition coefficient (Wildman–Crippen LogP) is 5.34. The number of thiophene rings is 1. The third-order valence-corrected chi connectivity index (χ3v) is 6.24. The van der Waals surface area contributed by atoms with Gasteiger partial charge in [0.1, 0.15) is 0 Å². The first-order chi connectivity index (χ1) is 13.7. The second-order valence-electron chi connectivity index (χ2n) is 6.10. The van der Waals surface area contributed by atoms with Gasteiger partial charge in [0.2, 0.25) is 0 Å². The molecule has 1 amide bonds. The number of benzene rings is 1. The van der Waals surface area contributed by atoms with Gasteiger partial charge in [0, 0.05) is 41.5 Å². The summed E-state index contributed by atoms with van der Waals surface area (Å²) in [6.45, 7) is 1.36. The van der Waals surface area contributed by atoms with Gasteiger partial charge in [-0.2, -0.15) is 0 Å². The molecule has 1 aromatic carbocycles. The first kappa shape index (κ1) is 18.9. The molecule has 0 fully saturated rings. The number of carbonyl (C=O) groups is 1. The van der Waals surface area contributed by atoms with Crippen LogP contribution in [0.1, 0.15) is 11.3 Å². The van der Waals surface area contributed by atoms with E-state index in [1.807, 2.05) is 52.6 Å². The van der Waals surface area contributed by atoms with Crippen LogP contribution in [0.5, 0.6) is 0 Å². The maximum absolute atomic E-state index is 12.9. The summed E-state index contributed by atoms with van der Waals surface area (Å²) in [5, 5.41) is 3.34. The van der Waals surface area contributed by atoms with Crippen LogP contribution in [0.3, 0.4) is 0 Å². The minimum atomic E-state index is -0.0795. The van der Waals surface area contributed by atoms with Crippen molar-refractivity contribution in [2.45, 2.75) is 13.0 Å². The van der Waals surface area contributed by atoms with Gasteiger partial charge in [0.25, 0.3) is 5.91 Å². The smallest absolute Gasteiger partial charge is 0.252 e. The van der Waals surface area contributed by atoms with E-state index in [1.165, 1.54) is 11.3 Å². The molecule has 3 heterocycles. The van der Waals surface area contributed by atoms with Crippen LogP contribution in [0, 0.1) is 0 Å². The lowest BCUT2D eigenvalue weighted by atomic mass is 10.3. The summed E-state index contributed by atoms with van der Waals surface area (Å²) in [7, 11) is 0. The summed E-state index contributed by atoms with van der Waals surface area (Å²) in [6, 6.07) is 9.53. The topological polar surface area (TPSA) is 51.0 Å². The number of hydrogen-bond donors (Lipinski definition) is 0. The Hall–Kier alpha value is -2.48. The van der Waals surface area contributed by atoms with Crippen molar-refractivity contribution in [3.8, 4) is 0 Å². The van der Waals surface area contributed by atoms with Crippen molar-refractivity contribution in [2.24, 2.45) is 0 Å². The molecular formula is C20H17ClN4OS2. The Bertz CT molecular complexity index is 1090. The fourth-order valence-corrected chi connectivity index (χ4v) is 4.65. The Morgan fingerprint density at radius 3 is 3.04 bits per heavy atom. The number of nitrogens with zero attached hydrogens (tertiary/aromatic N) is 4. The first-order valence-corrected chi connectivity index (χ1v) is 10.8. The Labute approximate surface area is 175 Å². The molecule has 4 rings (SSSR count). The number of halogens is 1. The van der Waals surface area contributed by atoms with E-state index in [0.717, 1.165) is 28.1 Å². The lowest BCUT2D eigenvalue weighted by molar-refractivity contribution is -0.114. The molecule has 0 atom stereocenters. The second-order valence-corrected chi connectivity index (χ2v) is 8.53. The lowest BCUT2D eigenvalue weighted by Crippen LogP contribution is -2.30. The van der Waals surface area contributed by atoms with E-state index in [0.29, 0.717) is 16.7 Å². The van der Waals surface area contributed by atoms with Gasteiger partial charge in [-0.05, 0) is 42.1 Å². The van der Waals surface area contributed by atoms with Crippen molar-refractivity contribution in [2.75, 3.05) is 11.4 Å². The molecule has 0 bridgehead atoms. The number of amides is 1. The standard InChI is InChI=1S/C20H17ClN4OS2/c21-15-4-6-17-18(13-15)28-20(23-17)25(10-2-9-24-11-8-22-14-24)19(26)7-5-16-3-1-12-27-16/h1,3-8,11-14H,2,9-10H2/b7-5+. The fraction of sp³-hybridized carbons (Fsp3) is 0.150. The van der Waals surface area contributed by atoms with Gasteiger partial charge in [-0.3, -0.25) is 9.69 Å². The normalized spacial score (nSPS) is 11.5. The molecule has 4 aromatic rings. The number of thiazole rings is 1. The number of hydrogen-bond acceptors (Lipinski definition) is 5. The zero-order valence-corrected chi connectivity index (χ0v) is 17.3. The van der Waals surface area contributed by atoms with Crippen molar-refractivity contribution >= 4 is 61.6 Å². The number of aromatic nitrogens is 3. The van der Waals surface area contributed by atoms with E-state index < -0.39 is 0 Å². The van der Waals surface area contributed by atoms with Gasteiger partial charge in [-0.25, -0.2) is 9.97 Å². The molecule has 0 saturated carbocycles. The highest BCUT2D eigenvalue weighted by atomic mass is 35.5. The van der Waals surface area contributed by atoms with Crippen LogP contribution in [0.4, 0.5) is 5.13 Å². The van der Waals surface area contributed by atoms with E-state index >= 15 is 0 Å². The highest BCUT2D eigenvalue weighted by Crippen LogP contribution is 2.31. The highest BCUT2D eigenvalue weighted by molar-refractivity contribution is 7.22. The molecule has 0 saturated heterocycles. The van der Waals surface area contributed by atoms with Crippen molar-refractivity contribution in [1.82, 2.24) is 14.5 Å². The lowest BCUT2D eigenvalue weighted by Gasteiger charge is -2.18. The minimum absolute atomic E-state index is 0.0795. The van der Waals surface area contributed by atoms with Gasteiger partial charge >= 0.3 is 0 Å². The van der Waals surface area contributed by atoms with Crippen LogP contribution in [0.15, 0.2) is 60.5 Å². The first-order valence-electron chi connectivity index (χ1n) is 8.74. The van der Waals surface area contributed by atoms with Crippen LogP contribution in [0.25, 0.3) is 16.3 Å². The van der Waals surface area contributed by atoms with Crippen molar-refractivity contribution < 1.29 is 4.79 Å². The summed E-state index contributed by atoms with van der Waals surface area (Å²) in [6.07, 6.45) is 9.71. The molecule has 3 aromatic heterocycles. The second kappa shape index (κ2) is 8.68. The van der Waals surface area contributed by atoms with Crippen molar-refractivity contribution in [1.29, 1.82) is 0 Å². The van der Waals surface area contributed by atoms with Gasteiger partial charge < -0.3 is 4.57 Å². The summed E-state index contributed by atoms with van der Waals surface area (Å²) in [4.78, 5) is 24.4. The van der Waals surface area contributed by atoms with Crippen LogP contribution < -0.4 is 4.90 Å². The maximum Gasteiger partial charge on any atom is 0.252 e. The zero-order chi connectivity index (χ0) is 19.3. The van der Waals surface area contributed by atoms with E-state index in [1.54, 1.807) is 34.8 Å². The molecule has 8 heteroatoms. The van der Waals surface area contributed by atoms with E-state index in [-0.39, 0.29) is 5.91 Å². The average Bonchev–Trinajstić information content (AvgIpc) is 3.44. The molecule has 0 spiro atoms. The van der Waals surface area contributed by atoms with Crippen LogP contribution in [0.2, 0.25) is 5.02 Å². The summed E-state index contributed by atoms with van der Waals surface area (Å²) in [5.74, 6) is -0.0795. The van der Waals surface area contributed by atoms with Crippen LogP contribution in [-0.2, 0) is 11.3 Å². The molecule has 5 nitrogen and oxygen atoms in total. The Morgan fingerprint density at radius 1 is 1.32 bits per heavy atom. The number of anilines is 1. The summed E-state index contributed by atoms with van der Waals surface area (Å²) in [5.41, 5.74) is 0.846. The van der Waals surface area contributed by atoms with Crippen molar-refractivity contribution in [3.63, 3.8) is 0 Å². The van der Waals surface area contributed by atoms with E-state index in [9.17, 15) is 4.79 Å². The largest absolute Gasteiger partial charge is 0.337 e. The van der Waals surface area contributed by atoms with E-state index in [4.69, 9.17) is 11.6 Å². The maximum atomic E-state index is 12.9. The van der Waals surface area contributed by atoms with E-state index in [2.05, 4.69) is 9.97 Å². The Kier molecular flexibility index (Phi) is 5.85. The Morgan fingerprint density at radius 2 is 2.25 bits per heavy atom. The quantitative estimate of drug-likeness (QED) is 0.373. The summed E-state index contributed by atoms with van der Waals surface area (Å²) < 4.78 is 2.97. The number of carbonyl (C=O) groups excluding carboxylic acids is 1. The molecule has 0 aliphatic rings. The predicted molar refractivity (Wildman–Crippen MR) is 117 cm³/mol. The average molecular weight is 429 g/mol. The number of fused-ring (bicyclic) bond motifs is 1. The van der Waals surface area contributed by atoms with Gasteiger partial charge in [0.05, 0.1) is 16.5 Å². The molecule has 0 aliphatic heterocycles. The van der Waals surface area contributed by atoms with Gasteiger partial charge in [-0.15, -0.1) is 11.3 Å². The fourth-order valence-electron chi connectivity index (χ4n) is 2.76. The third kappa shape index (κ3) is 4.49. The number of imidazole rings is 1. The van der Waals surface area contributed by atoms with Crippen molar-refractivity contribution in [3.05, 3.63) is 70.4 Å². The van der Waals surface area contributed by atoms with Crippen LogP contribution in [-0.4, -0.2) is 27.0 Å². The molecule has 0 aliphatic carbocycles. The SMILES string of the molecule is O=C(/C=C/c1cccs1)N(CCCn1ccnc1)c1nc2ccc(Cl)cc2s1. The molecule has 142 valence electrons. The Balaban J connectivity index is 1.56. The van der Waals surface area contributed by atoms with Gasteiger partial charge in [-0.1, -0.05) is 29.0 Å². The minimum Gasteiger partial charge on any atom is -0.337 e.